The number of carbonyl (C=O) groups excluding carboxylic acids is 1. The molecule has 1 unspecified atom stereocenters. The molecule has 5 nitrogen and oxygen atoms in total. The molecule has 100 valence electrons. The summed E-state index contributed by atoms with van der Waals surface area (Å²) in [5, 5.41) is 8.52. The Hall–Kier alpha value is -2.17. The first-order chi connectivity index (χ1) is 9.06. The quantitative estimate of drug-likeness (QED) is 0.839. The van der Waals surface area contributed by atoms with Crippen LogP contribution in [0.3, 0.4) is 0 Å². The first-order valence-corrected chi connectivity index (χ1v) is 6.22. The van der Waals surface area contributed by atoms with Crippen molar-refractivity contribution in [1.29, 1.82) is 0 Å². The number of carboxylic acid groups (broad SMARTS) is 1. The smallest absolute Gasteiger partial charge is 0.328 e. The van der Waals surface area contributed by atoms with Crippen molar-refractivity contribution >= 4 is 18.0 Å². The summed E-state index contributed by atoms with van der Waals surface area (Å²) in [5.74, 6) is -0.522. The van der Waals surface area contributed by atoms with Gasteiger partial charge >= 0.3 is 5.97 Å². The van der Waals surface area contributed by atoms with Crippen LogP contribution in [0.15, 0.2) is 24.4 Å². The van der Waals surface area contributed by atoms with Gasteiger partial charge < -0.3 is 10.0 Å². The molecule has 0 aliphatic carbocycles. The van der Waals surface area contributed by atoms with Crippen molar-refractivity contribution in [2.75, 3.05) is 13.1 Å². The summed E-state index contributed by atoms with van der Waals surface area (Å²) in [7, 11) is 0. The van der Waals surface area contributed by atoms with E-state index in [-0.39, 0.29) is 5.91 Å². The minimum atomic E-state index is -1.01. The number of carbonyl (C=O) groups is 2. The second-order valence-corrected chi connectivity index (χ2v) is 4.79. The van der Waals surface area contributed by atoms with Gasteiger partial charge in [0, 0.05) is 25.4 Å². The second-order valence-electron chi connectivity index (χ2n) is 4.79. The van der Waals surface area contributed by atoms with Crippen LogP contribution < -0.4 is 0 Å². The van der Waals surface area contributed by atoms with Crippen molar-refractivity contribution in [3.63, 3.8) is 0 Å². The second kappa shape index (κ2) is 5.65. The lowest BCUT2D eigenvalue weighted by atomic mass is 10.2. The van der Waals surface area contributed by atoms with Crippen LogP contribution in [0.5, 0.6) is 0 Å². The van der Waals surface area contributed by atoms with Crippen LogP contribution in [0.2, 0.25) is 0 Å². The standard InChI is InChI=1S/C14H16N2O3/c1-10-6-7-16(9-10)14(19)12-4-2-11(8-15-12)3-5-13(17)18/h2-5,8,10H,6-7,9H2,1H3,(H,17,18). The van der Waals surface area contributed by atoms with Crippen LogP contribution in [0.4, 0.5) is 0 Å². The number of likely N-dealkylation sites (tertiary alicyclic amines) is 1. The Labute approximate surface area is 111 Å². The number of pyridine rings is 1. The Balaban J connectivity index is 2.06. The third-order valence-electron chi connectivity index (χ3n) is 3.13. The van der Waals surface area contributed by atoms with Crippen LogP contribution in [0, 0.1) is 5.92 Å². The summed E-state index contributed by atoms with van der Waals surface area (Å²) < 4.78 is 0. The summed E-state index contributed by atoms with van der Waals surface area (Å²) >= 11 is 0. The van der Waals surface area contributed by atoms with E-state index in [0.717, 1.165) is 25.6 Å². The molecule has 1 N–H and O–H groups in total. The lowest BCUT2D eigenvalue weighted by Crippen LogP contribution is -2.29. The van der Waals surface area contributed by atoms with Crippen LogP contribution in [-0.2, 0) is 4.79 Å². The molecule has 0 spiro atoms. The molecule has 2 heterocycles. The number of aliphatic carboxylic acids is 1. The summed E-state index contributed by atoms with van der Waals surface area (Å²) in [6, 6.07) is 3.33. The SMILES string of the molecule is CC1CCN(C(=O)c2ccc(C=CC(=O)O)cn2)C1. The average Bonchev–Trinajstić information content (AvgIpc) is 2.83. The lowest BCUT2D eigenvalue weighted by Gasteiger charge is -2.15. The maximum Gasteiger partial charge on any atom is 0.328 e. The molecule has 1 fully saturated rings. The topological polar surface area (TPSA) is 70.5 Å². The Morgan fingerprint density at radius 3 is 2.79 bits per heavy atom. The largest absolute Gasteiger partial charge is 0.478 e. The van der Waals surface area contributed by atoms with E-state index in [2.05, 4.69) is 11.9 Å². The van der Waals surface area contributed by atoms with Crippen molar-refractivity contribution in [3.8, 4) is 0 Å². The molecule has 0 bridgehead atoms. The number of amides is 1. The fourth-order valence-electron chi connectivity index (χ4n) is 2.08. The number of rotatable bonds is 3. The summed E-state index contributed by atoms with van der Waals surface area (Å²) in [6.45, 7) is 3.68. The highest BCUT2D eigenvalue weighted by molar-refractivity contribution is 5.92. The van der Waals surface area contributed by atoms with Gasteiger partial charge in [0.05, 0.1) is 0 Å². The molecule has 1 amide bonds. The number of hydrogen-bond acceptors (Lipinski definition) is 3. The molecule has 19 heavy (non-hydrogen) atoms. The molecule has 1 atom stereocenters. The maximum atomic E-state index is 12.1. The maximum absolute atomic E-state index is 12.1. The van der Waals surface area contributed by atoms with Crippen molar-refractivity contribution in [3.05, 3.63) is 35.7 Å². The van der Waals surface area contributed by atoms with Crippen molar-refractivity contribution in [1.82, 2.24) is 9.88 Å². The predicted molar refractivity (Wildman–Crippen MR) is 70.6 cm³/mol. The minimum absolute atomic E-state index is 0.0573. The molecular weight excluding hydrogens is 244 g/mol. The third-order valence-corrected chi connectivity index (χ3v) is 3.13. The predicted octanol–water partition coefficient (Wildman–Crippen LogP) is 1.66. The highest BCUT2D eigenvalue weighted by Crippen LogP contribution is 2.17. The van der Waals surface area contributed by atoms with E-state index in [4.69, 9.17) is 5.11 Å². The van der Waals surface area contributed by atoms with Crippen LogP contribution in [0.25, 0.3) is 6.08 Å². The lowest BCUT2D eigenvalue weighted by molar-refractivity contribution is -0.131. The molecular formula is C14H16N2O3. The van der Waals surface area contributed by atoms with Gasteiger partial charge in [-0.2, -0.15) is 0 Å². The number of carboxylic acids is 1. The van der Waals surface area contributed by atoms with Gasteiger partial charge in [0.1, 0.15) is 5.69 Å². The average molecular weight is 260 g/mol. The number of nitrogens with zero attached hydrogens (tertiary/aromatic N) is 2. The van der Waals surface area contributed by atoms with Crippen molar-refractivity contribution in [2.45, 2.75) is 13.3 Å². The molecule has 5 heteroatoms. The van der Waals surface area contributed by atoms with E-state index in [1.54, 1.807) is 17.0 Å². The Morgan fingerprint density at radius 1 is 1.47 bits per heavy atom. The van der Waals surface area contributed by atoms with Gasteiger partial charge in [0.2, 0.25) is 0 Å². The van der Waals surface area contributed by atoms with Gasteiger partial charge in [-0.3, -0.25) is 9.78 Å². The van der Waals surface area contributed by atoms with Gasteiger partial charge in [-0.05, 0) is 30.0 Å². The zero-order valence-corrected chi connectivity index (χ0v) is 10.7. The van der Waals surface area contributed by atoms with E-state index in [1.165, 1.54) is 12.3 Å². The molecule has 1 aromatic heterocycles. The van der Waals surface area contributed by atoms with Gasteiger partial charge in [0.15, 0.2) is 0 Å². The van der Waals surface area contributed by atoms with E-state index in [9.17, 15) is 9.59 Å². The molecule has 1 aromatic rings. The van der Waals surface area contributed by atoms with E-state index in [0.29, 0.717) is 17.2 Å². The number of aromatic nitrogens is 1. The summed E-state index contributed by atoms with van der Waals surface area (Å²) in [5.41, 5.74) is 1.07. The van der Waals surface area contributed by atoms with Gasteiger partial charge in [-0.15, -0.1) is 0 Å². The van der Waals surface area contributed by atoms with E-state index < -0.39 is 5.97 Å². The Morgan fingerprint density at radius 2 is 2.26 bits per heavy atom. The fraction of sp³-hybridized carbons (Fsp3) is 0.357. The molecule has 1 saturated heterocycles. The van der Waals surface area contributed by atoms with E-state index in [1.807, 2.05) is 0 Å². The Kier molecular flexibility index (Phi) is 3.94. The monoisotopic (exact) mass is 260 g/mol. The minimum Gasteiger partial charge on any atom is -0.478 e. The van der Waals surface area contributed by atoms with Gasteiger partial charge in [-0.1, -0.05) is 13.0 Å². The van der Waals surface area contributed by atoms with Crippen LogP contribution >= 0.6 is 0 Å². The zero-order valence-electron chi connectivity index (χ0n) is 10.7. The first-order valence-electron chi connectivity index (χ1n) is 6.22. The van der Waals surface area contributed by atoms with Crippen molar-refractivity contribution < 1.29 is 14.7 Å². The highest BCUT2D eigenvalue weighted by atomic mass is 16.4. The van der Waals surface area contributed by atoms with Gasteiger partial charge in [-0.25, -0.2) is 4.79 Å². The summed E-state index contributed by atoms with van der Waals surface area (Å²) in [6.07, 6.45) is 5.03. The summed E-state index contributed by atoms with van der Waals surface area (Å²) in [4.78, 5) is 28.4. The molecule has 1 aliphatic rings. The van der Waals surface area contributed by atoms with Crippen LogP contribution in [-0.4, -0.2) is 40.0 Å². The normalized spacial score (nSPS) is 19.0. The Bertz CT molecular complexity index is 508. The highest BCUT2D eigenvalue weighted by Gasteiger charge is 2.24. The number of hydrogen-bond donors (Lipinski definition) is 1. The van der Waals surface area contributed by atoms with Crippen LogP contribution in [0.1, 0.15) is 29.4 Å². The first kappa shape index (κ1) is 13.3. The molecule has 0 radical (unpaired) electrons. The van der Waals surface area contributed by atoms with Gasteiger partial charge in [0.25, 0.3) is 5.91 Å². The zero-order chi connectivity index (χ0) is 13.8. The molecule has 2 rings (SSSR count). The van der Waals surface area contributed by atoms with E-state index >= 15 is 0 Å². The molecule has 1 aliphatic heterocycles. The molecule has 0 aromatic carbocycles. The van der Waals surface area contributed by atoms with Crippen molar-refractivity contribution in [2.24, 2.45) is 5.92 Å². The molecule has 0 saturated carbocycles. The fourth-order valence-corrected chi connectivity index (χ4v) is 2.08. The third kappa shape index (κ3) is 3.40.